The summed E-state index contributed by atoms with van der Waals surface area (Å²) in [6, 6.07) is 0. The van der Waals surface area contributed by atoms with Crippen LogP contribution in [0.5, 0.6) is 0 Å². The van der Waals surface area contributed by atoms with Crippen LogP contribution in [0.2, 0.25) is 0 Å². The Morgan fingerprint density at radius 3 is 1.83 bits per heavy atom. The van der Waals surface area contributed by atoms with Crippen molar-refractivity contribution in [2.75, 3.05) is 19.3 Å². The van der Waals surface area contributed by atoms with Crippen molar-refractivity contribution < 1.29 is 18.1 Å². The van der Waals surface area contributed by atoms with E-state index in [1.807, 2.05) is 0 Å². The Kier molecular flexibility index (Phi) is 5.39. The topological polar surface area (TPSA) is 86.6 Å². The number of aliphatic hydroxyl groups excluding tert-OH is 1. The maximum absolute atomic E-state index is 9.19. The largest absolute Gasteiger partial charge is 0.393 e. The smallest absolute Gasteiger partial charge is 0.261 e. The molecule has 0 amide bonds. The highest BCUT2D eigenvalue weighted by Crippen LogP contribution is 1.99. The summed E-state index contributed by atoms with van der Waals surface area (Å²) in [5.74, 6) is 0. The number of hydrogen-bond donors (Lipinski definition) is 3. The van der Waals surface area contributed by atoms with Crippen molar-refractivity contribution in [3.05, 3.63) is 0 Å². The fourth-order valence-corrected chi connectivity index (χ4v) is 0.807. The molecular weight excluding hydrogens is 182 g/mol. The van der Waals surface area contributed by atoms with E-state index in [0.717, 1.165) is 25.9 Å². The van der Waals surface area contributed by atoms with Crippen LogP contribution >= 0.6 is 0 Å². The van der Waals surface area contributed by atoms with E-state index in [9.17, 15) is 8.42 Å². The summed E-state index contributed by atoms with van der Waals surface area (Å²) in [7, 11) is -3.67. The summed E-state index contributed by atoms with van der Waals surface area (Å²) in [6.45, 7) is 1.97. The van der Waals surface area contributed by atoms with E-state index in [-0.39, 0.29) is 6.10 Å². The van der Waals surface area contributed by atoms with E-state index in [4.69, 9.17) is 9.66 Å². The Bertz CT molecular complexity index is 188. The zero-order valence-electron chi connectivity index (χ0n) is 7.02. The third-order valence-corrected chi connectivity index (χ3v) is 1.31. The summed E-state index contributed by atoms with van der Waals surface area (Å²) in [4.78, 5) is 0. The molecule has 0 spiro atoms. The van der Waals surface area contributed by atoms with Crippen molar-refractivity contribution in [1.82, 2.24) is 5.32 Å². The van der Waals surface area contributed by atoms with Gasteiger partial charge in [0.15, 0.2) is 0 Å². The van der Waals surface area contributed by atoms with Gasteiger partial charge >= 0.3 is 0 Å². The molecule has 5 nitrogen and oxygen atoms in total. The molecule has 0 aliphatic carbocycles. The van der Waals surface area contributed by atoms with Gasteiger partial charge in [-0.2, -0.15) is 8.42 Å². The Morgan fingerprint density at radius 2 is 1.67 bits per heavy atom. The van der Waals surface area contributed by atoms with Crippen LogP contribution in [0.1, 0.15) is 12.8 Å². The second-order valence-corrected chi connectivity index (χ2v) is 4.18. The van der Waals surface area contributed by atoms with E-state index < -0.39 is 10.1 Å². The van der Waals surface area contributed by atoms with Crippen LogP contribution in [0.4, 0.5) is 0 Å². The van der Waals surface area contributed by atoms with Gasteiger partial charge in [0.1, 0.15) is 0 Å². The summed E-state index contributed by atoms with van der Waals surface area (Å²) in [6.07, 6.45) is 2.55. The van der Waals surface area contributed by atoms with E-state index in [1.165, 1.54) is 0 Å². The van der Waals surface area contributed by atoms with Crippen molar-refractivity contribution in [3.8, 4) is 0 Å². The standard InChI is InChI=1S/C5H11NO.CH4O3S/c7-5-1-3-6-4-2-5;1-5(2,3)4/h5-7H,1-4H2;1H3,(H,2,3,4). The van der Waals surface area contributed by atoms with Crippen LogP contribution < -0.4 is 5.32 Å². The van der Waals surface area contributed by atoms with Crippen LogP contribution in [0.3, 0.4) is 0 Å². The van der Waals surface area contributed by atoms with Gasteiger partial charge in [0, 0.05) is 0 Å². The van der Waals surface area contributed by atoms with Crippen LogP contribution in [0.15, 0.2) is 0 Å². The van der Waals surface area contributed by atoms with Crippen LogP contribution in [-0.4, -0.2) is 43.5 Å². The third kappa shape index (κ3) is 12.5. The average Bonchev–Trinajstić information content (AvgIpc) is 1.85. The molecule has 1 fully saturated rings. The molecule has 6 heteroatoms. The number of rotatable bonds is 0. The van der Waals surface area contributed by atoms with Gasteiger partial charge in [0.25, 0.3) is 10.1 Å². The molecule has 0 aromatic rings. The van der Waals surface area contributed by atoms with Crippen LogP contribution in [-0.2, 0) is 10.1 Å². The first-order valence-electron chi connectivity index (χ1n) is 3.71. The lowest BCUT2D eigenvalue weighted by Crippen LogP contribution is -2.30. The number of nitrogens with one attached hydrogen (secondary N) is 1. The first-order chi connectivity index (χ1) is 5.39. The predicted octanol–water partition coefficient (Wildman–Crippen LogP) is -0.765. The highest BCUT2D eigenvalue weighted by Gasteiger charge is 2.06. The highest BCUT2D eigenvalue weighted by atomic mass is 32.2. The number of piperidine rings is 1. The third-order valence-electron chi connectivity index (χ3n) is 1.31. The van der Waals surface area contributed by atoms with Crippen molar-refractivity contribution in [3.63, 3.8) is 0 Å². The van der Waals surface area contributed by atoms with E-state index in [2.05, 4.69) is 5.32 Å². The Labute approximate surface area is 72.5 Å². The van der Waals surface area contributed by atoms with Crippen molar-refractivity contribution in [2.45, 2.75) is 18.9 Å². The summed E-state index contributed by atoms with van der Waals surface area (Å²) < 4.78 is 25.9. The molecule has 1 heterocycles. The molecule has 3 N–H and O–H groups in total. The Morgan fingerprint density at radius 1 is 1.33 bits per heavy atom. The Hall–Kier alpha value is -0.170. The monoisotopic (exact) mass is 197 g/mol. The number of aliphatic hydroxyl groups is 1. The SMILES string of the molecule is CS(=O)(=O)O.OC1CCNCC1. The highest BCUT2D eigenvalue weighted by molar-refractivity contribution is 7.85. The fourth-order valence-electron chi connectivity index (χ4n) is 0.807. The molecule has 1 aliphatic rings. The minimum absolute atomic E-state index is 0.0266. The van der Waals surface area contributed by atoms with Gasteiger partial charge < -0.3 is 10.4 Å². The van der Waals surface area contributed by atoms with Crippen molar-refractivity contribution in [2.24, 2.45) is 0 Å². The van der Waals surface area contributed by atoms with E-state index in [1.54, 1.807) is 0 Å². The van der Waals surface area contributed by atoms with Gasteiger partial charge in [-0.3, -0.25) is 4.55 Å². The lowest BCUT2D eigenvalue weighted by molar-refractivity contribution is 0.137. The first-order valence-corrected chi connectivity index (χ1v) is 5.55. The molecule has 1 saturated heterocycles. The Balaban J connectivity index is 0.000000217. The normalized spacial score (nSPS) is 19.6. The zero-order chi connectivity index (χ0) is 9.61. The minimum Gasteiger partial charge on any atom is -0.393 e. The molecule has 1 rings (SSSR count). The summed E-state index contributed by atoms with van der Waals surface area (Å²) in [5, 5.41) is 12.0. The van der Waals surface area contributed by atoms with Crippen molar-refractivity contribution in [1.29, 1.82) is 0 Å². The quantitative estimate of drug-likeness (QED) is 0.444. The van der Waals surface area contributed by atoms with E-state index >= 15 is 0 Å². The summed E-state index contributed by atoms with van der Waals surface area (Å²) in [5.41, 5.74) is 0. The van der Waals surface area contributed by atoms with Gasteiger partial charge in [-0.15, -0.1) is 0 Å². The molecule has 0 aromatic heterocycles. The molecule has 12 heavy (non-hydrogen) atoms. The molecule has 0 atom stereocenters. The van der Waals surface area contributed by atoms with Gasteiger partial charge in [0.2, 0.25) is 0 Å². The zero-order valence-corrected chi connectivity index (χ0v) is 7.84. The van der Waals surface area contributed by atoms with E-state index in [0.29, 0.717) is 6.26 Å². The molecule has 0 bridgehead atoms. The van der Waals surface area contributed by atoms with Crippen LogP contribution in [0, 0.1) is 0 Å². The van der Waals surface area contributed by atoms with Gasteiger partial charge in [-0.25, -0.2) is 0 Å². The molecule has 1 aliphatic heterocycles. The number of hydrogen-bond acceptors (Lipinski definition) is 4. The second-order valence-electron chi connectivity index (χ2n) is 2.71. The lowest BCUT2D eigenvalue weighted by Gasteiger charge is -2.16. The maximum Gasteiger partial charge on any atom is 0.261 e. The lowest BCUT2D eigenvalue weighted by atomic mass is 10.1. The molecule has 74 valence electrons. The molecule has 0 radical (unpaired) electrons. The van der Waals surface area contributed by atoms with Gasteiger partial charge in [0.05, 0.1) is 12.4 Å². The second kappa shape index (κ2) is 5.47. The maximum atomic E-state index is 9.19. The molecule has 0 unspecified atom stereocenters. The molecule has 0 aromatic carbocycles. The molecular formula is C6H15NO4S. The predicted molar refractivity (Wildman–Crippen MR) is 45.6 cm³/mol. The summed E-state index contributed by atoms with van der Waals surface area (Å²) >= 11 is 0. The molecule has 0 saturated carbocycles. The first kappa shape index (κ1) is 11.8. The van der Waals surface area contributed by atoms with Crippen molar-refractivity contribution >= 4 is 10.1 Å². The average molecular weight is 197 g/mol. The van der Waals surface area contributed by atoms with Crippen LogP contribution in [0.25, 0.3) is 0 Å². The van der Waals surface area contributed by atoms with Gasteiger partial charge in [-0.1, -0.05) is 0 Å². The van der Waals surface area contributed by atoms with Gasteiger partial charge in [-0.05, 0) is 25.9 Å². The fraction of sp³-hybridized carbons (Fsp3) is 1.00. The minimum atomic E-state index is -3.67.